The molecule has 0 aliphatic rings. The first-order valence-corrected chi connectivity index (χ1v) is 7.49. The average Bonchev–Trinajstić information content (AvgIpc) is 2.17. The van der Waals surface area contributed by atoms with Gasteiger partial charge < -0.3 is 5.73 Å². The molecule has 106 valence electrons. The highest BCUT2D eigenvalue weighted by molar-refractivity contribution is 7.89. The molecule has 3 N–H and O–H groups in total. The molecule has 19 heavy (non-hydrogen) atoms. The smallest absolute Gasteiger partial charge is 0.241 e. The Bertz CT molecular complexity index is 597. The first-order chi connectivity index (χ1) is 8.55. The van der Waals surface area contributed by atoms with Crippen LogP contribution < -0.4 is 10.5 Å². The lowest BCUT2D eigenvalue weighted by atomic mass is 10.0. The van der Waals surface area contributed by atoms with Crippen molar-refractivity contribution < 1.29 is 13.2 Å². The fourth-order valence-electron chi connectivity index (χ4n) is 1.77. The minimum Gasteiger partial charge on any atom is -0.370 e. The number of hydrogen-bond acceptors (Lipinski definition) is 3. The van der Waals surface area contributed by atoms with Crippen molar-refractivity contribution in [2.75, 3.05) is 0 Å². The SMILES string of the molecule is Cc1c(Cl)cccc1S(=O)(=O)NC(C)(C)CC(N)=O. The van der Waals surface area contributed by atoms with Gasteiger partial charge in [-0.1, -0.05) is 17.7 Å². The predicted octanol–water partition coefficient (Wildman–Crippen LogP) is 1.58. The zero-order chi connectivity index (χ0) is 14.8. The standard InChI is InChI=1S/C12H17ClN2O3S/c1-8-9(13)5-4-6-10(8)19(17,18)15-12(2,3)7-11(14)16/h4-6,15H,7H2,1-3H3,(H2,14,16). The van der Waals surface area contributed by atoms with Crippen LogP contribution in [0.1, 0.15) is 25.8 Å². The molecule has 0 aliphatic carbocycles. The lowest BCUT2D eigenvalue weighted by Crippen LogP contribution is -2.46. The highest BCUT2D eigenvalue weighted by atomic mass is 35.5. The molecule has 0 bridgehead atoms. The maximum absolute atomic E-state index is 12.3. The van der Waals surface area contributed by atoms with E-state index < -0.39 is 21.5 Å². The van der Waals surface area contributed by atoms with E-state index in [4.69, 9.17) is 17.3 Å². The van der Waals surface area contributed by atoms with Crippen molar-refractivity contribution in [1.82, 2.24) is 4.72 Å². The highest BCUT2D eigenvalue weighted by Crippen LogP contribution is 2.24. The van der Waals surface area contributed by atoms with Crippen LogP contribution >= 0.6 is 11.6 Å². The number of rotatable bonds is 5. The molecule has 1 amide bonds. The number of carbonyl (C=O) groups is 1. The molecular weight excluding hydrogens is 288 g/mol. The van der Waals surface area contributed by atoms with Gasteiger partial charge in [-0.15, -0.1) is 0 Å². The predicted molar refractivity (Wildman–Crippen MR) is 74.4 cm³/mol. The van der Waals surface area contributed by atoms with Crippen molar-refractivity contribution in [3.05, 3.63) is 28.8 Å². The number of hydrogen-bond donors (Lipinski definition) is 2. The minimum atomic E-state index is -3.76. The zero-order valence-corrected chi connectivity index (χ0v) is 12.6. The van der Waals surface area contributed by atoms with E-state index in [-0.39, 0.29) is 11.3 Å². The summed E-state index contributed by atoms with van der Waals surface area (Å²) in [5, 5.41) is 0.371. The molecular formula is C12H17ClN2O3S. The molecule has 0 fully saturated rings. The zero-order valence-electron chi connectivity index (χ0n) is 11.0. The van der Waals surface area contributed by atoms with E-state index in [0.717, 1.165) is 0 Å². The average molecular weight is 305 g/mol. The molecule has 0 aromatic heterocycles. The second-order valence-electron chi connectivity index (χ2n) is 5.00. The third-order valence-electron chi connectivity index (χ3n) is 2.53. The lowest BCUT2D eigenvalue weighted by molar-refractivity contribution is -0.119. The third-order valence-corrected chi connectivity index (χ3v) is 4.79. The maximum Gasteiger partial charge on any atom is 0.241 e. The Morgan fingerprint density at radius 1 is 1.42 bits per heavy atom. The van der Waals surface area contributed by atoms with Crippen LogP contribution in [0.4, 0.5) is 0 Å². The van der Waals surface area contributed by atoms with Gasteiger partial charge in [0.25, 0.3) is 0 Å². The lowest BCUT2D eigenvalue weighted by Gasteiger charge is -2.25. The molecule has 0 spiro atoms. The van der Waals surface area contributed by atoms with Gasteiger partial charge in [0.2, 0.25) is 15.9 Å². The molecule has 0 saturated carbocycles. The molecule has 0 saturated heterocycles. The van der Waals surface area contributed by atoms with Gasteiger partial charge in [-0.2, -0.15) is 0 Å². The van der Waals surface area contributed by atoms with Crippen molar-refractivity contribution in [3.8, 4) is 0 Å². The first-order valence-electron chi connectivity index (χ1n) is 5.62. The molecule has 1 rings (SSSR count). The number of nitrogens with two attached hydrogens (primary N) is 1. The summed E-state index contributed by atoms with van der Waals surface area (Å²) in [6, 6.07) is 4.64. The summed E-state index contributed by atoms with van der Waals surface area (Å²) < 4.78 is 27.0. The number of sulfonamides is 1. The first kappa shape index (κ1) is 15.9. The summed E-state index contributed by atoms with van der Waals surface area (Å²) in [5.74, 6) is -0.574. The number of benzene rings is 1. The summed E-state index contributed by atoms with van der Waals surface area (Å²) in [5.41, 5.74) is 4.60. The Kier molecular flexibility index (Phi) is 4.60. The molecule has 1 aromatic carbocycles. The summed E-state index contributed by atoms with van der Waals surface area (Å²) in [6.45, 7) is 4.81. The Morgan fingerprint density at radius 2 is 2.00 bits per heavy atom. The van der Waals surface area contributed by atoms with Crippen LogP contribution in [-0.2, 0) is 14.8 Å². The second-order valence-corrected chi connectivity index (χ2v) is 7.05. The highest BCUT2D eigenvalue weighted by Gasteiger charge is 2.29. The minimum absolute atomic E-state index is 0.0914. The molecule has 0 aliphatic heterocycles. The third kappa shape index (κ3) is 4.19. The molecule has 0 atom stereocenters. The van der Waals surface area contributed by atoms with E-state index in [1.54, 1.807) is 32.9 Å². The monoisotopic (exact) mass is 304 g/mol. The fraction of sp³-hybridized carbons (Fsp3) is 0.417. The number of halogens is 1. The normalized spacial score (nSPS) is 12.4. The van der Waals surface area contributed by atoms with Gasteiger partial charge in [0.1, 0.15) is 0 Å². The van der Waals surface area contributed by atoms with E-state index in [0.29, 0.717) is 10.6 Å². The van der Waals surface area contributed by atoms with Crippen molar-refractivity contribution in [1.29, 1.82) is 0 Å². The molecule has 0 unspecified atom stereocenters. The van der Waals surface area contributed by atoms with Crippen molar-refractivity contribution in [2.45, 2.75) is 37.6 Å². The van der Waals surface area contributed by atoms with Crippen molar-refractivity contribution >= 4 is 27.5 Å². The van der Waals surface area contributed by atoms with Crippen LogP contribution in [-0.4, -0.2) is 19.9 Å². The Hall–Kier alpha value is -1.11. The van der Waals surface area contributed by atoms with E-state index in [2.05, 4.69) is 4.72 Å². The quantitative estimate of drug-likeness (QED) is 0.865. The van der Waals surface area contributed by atoms with E-state index in [1.165, 1.54) is 6.07 Å². The van der Waals surface area contributed by atoms with Crippen LogP contribution in [0, 0.1) is 6.92 Å². The van der Waals surface area contributed by atoms with Crippen LogP contribution in [0.3, 0.4) is 0 Å². The Morgan fingerprint density at radius 3 is 2.53 bits per heavy atom. The summed E-state index contributed by atoms with van der Waals surface area (Å²) in [7, 11) is -3.76. The number of primary amides is 1. The molecule has 1 aromatic rings. The van der Waals surface area contributed by atoms with Crippen LogP contribution in [0.2, 0.25) is 5.02 Å². The van der Waals surface area contributed by atoms with Gasteiger partial charge in [0.15, 0.2) is 0 Å². The molecule has 5 nitrogen and oxygen atoms in total. The van der Waals surface area contributed by atoms with Gasteiger partial charge in [-0.25, -0.2) is 13.1 Å². The van der Waals surface area contributed by atoms with Crippen LogP contribution in [0.5, 0.6) is 0 Å². The topological polar surface area (TPSA) is 89.3 Å². The fourth-order valence-corrected chi connectivity index (χ4v) is 3.68. The van der Waals surface area contributed by atoms with Gasteiger partial charge in [0.05, 0.1) is 4.90 Å². The van der Waals surface area contributed by atoms with E-state index in [1.807, 2.05) is 0 Å². The Balaban J connectivity index is 3.12. The maximum atomic E-state index is 12.3. The summed E-state index contributed by atoms with van der Waals surface area (Å²) >= 11 is 5.91. The van der Waals surface area contributed by atoms with Gasteiger partial charge in [-0.05, 0) is 38.5 Å². The van der Waals surface area contributed by atoms with E-state index >= 15 is 0 Å². The van der Waals surface area contributed by atoms with Gasteiger partial charge in [0, 0.05) is 17.0 Å². The van der Waals surface area contributed by atoms with Crippen LogP contribution in [0.15, 0.2) is 23.1 Å². The van der Waals surface area contributed by atoms with Crippen molar-refractivity contribution in [2.24, 2.45) is 5.73 Å². The number of amides is 1. The van der Waals surface area contributed by atoms with Gasteiger partial charge >= 0.3 is 0 Å². The number of nitrogens with one attached hydrogen (secondary N) is 1. The molecule has 0 radical (unpaired) electrons. The summed E-state index contributed by atoms with van der Waals surface area (Å²) in [6.07, 6.45) is -0.0914. The second kappa shape index (κ2) is 5.48. The van der Waals surface area contributed by atoms with Gasteiger partial charge in [-0.3, -0.25) is 4.79 Å². The number of carbonyl (C=O) groups excluding carboxylic acids is 1. The Labute approximate surface area is 118 Å². The van der Waals surface area contributed by atoms with E-state index in [9.17, 15) is 13.2 Å². The van der Waals surface area contributed by atoms with Crippen LogP contribution in [0.25, 0.3) is 0 Å². The largest absolute Gasteiger partial charge is 0.370 e. The van der Waals surface area contributed by atoms with Crippen molar-refractivity contribution in [3.63, 3.8) is 0 Å². The molecule has 0 heterocycles. The molecule has 7 heteroatoms. The summed E-state index contributed by atoms with van der Waals surface area (Å²) in [4.78, 5) is 11.0.